The quantitative estimate of drug-likeness (QED) is 0.388. The summed E-state index contributed by atoms with van der Waals surface area (Å²) < 4.78 is 44.8. The number of halogens is 3. The van der Waals surface area contributed by atoms with Crippen LogP contribution >= 0.6 is 0 Å². The van der Waals surface area contributed by atoms with E-state index >= 15 is 0 Å². The lowest BCUT2D eigenvalue weighted by Crippen LogP contribution is -2.35. The number of rotatable bonds is 10. The Morgan fingerprint density at radius 2 is 1.81 bits per heavy atom. The minimum Gasteiger partial charge on any atom is -0.457 e. The number of benzene rings is 3. The van der Waals surface area contributed by atoms with Crippen LogP contribution in [-0.2, 0) is 5.92 Å². The lowest BCUT2D eigenvalue weighted by molar-refractivity contribution is 0.0174. The van der Waals surface area contributed by atoms with Crippen molar-refractivity contribution in [3.63, 3.8) is 0 Å². The first-order valence-corrected chi connectivity index (χ1v) is 10.5. The van der Waals surface area contributed by atoms with E-state index in [1.165, 1.54) is 24.3 Å². The summed E-state index contributed by atoms with van der Waals surface area (Å²) in [6, 6.07) is 16.4. The first-order valence-electron chi connectivity index (χ1n) is 10.5. The SMILES string of the molecule is C[C@H](CCNCCF)NC(=O)c1ccc2c(Oc3ccc(C(C)(F)F)cc3)cccc2c1. The Morgan fingerprint density at radius 1 is 1.06 bits per heavy atom. The van der Waals surface area contributed by atoms with Gasteiger partial charge in [-0.05, 0) is 73.8 Å². The van der Waals surface area contributed by atoms with Crippen molar-refractivity contribution in [1.82, 2.24) is 10.6 Å². The maximum atomic E-state index is 13.4. The molecule has 0 bridgehead atoms. The molecule has 3 aromatic rings. The van der Waals surface area contributed by atoms with Crippen LogP contribution in [0.2, 0.25) is 0 Å². The number of carbonyl (C=O) groups excluding carboxylic acids is 1. The topological polar surface area (TPSA) is 50.4 Å². The molecule has 0 unspecified atom stereocenters. The highest BCUT2D eigenvalue weighted by atomic mass is 19.3. The van der Waals surface area contributed by atoms with Crippen LogP contribution in [-0.4, -0.2) is 31.7 Å². The second kappa shape index (κ2) is 10.5. The van der Waals surface area contributed by atoms with E-state index in [9.17, 15) is 18.0 Å². The van der Waals surface area contributed by atoms with Crippen LogP contribution in [0.1, 0.15) is 36.2 Å². The van der Waals surface area contributed by atoms with Crippen LogP contribution < -0.4 is 15.4 Å². The maximum absolute atomic E-state index is 13.4. The van der Waals surface area contributed by atoms with Crippen LogP contribution in [0.3, 0.4) is 0 Å². The fraction of sp³-hybridized carbons (Fsp3) is 0.320. The third kappa shape index (κ3) is 6.23. The van der Waals surface area contributed by atoms with Gasteiger partial charge < -0.3 is 15.4 Å². The van der Waals surface area contributed by atoms with E-state index in [-0.39, 0.29) is 17.5 Å². The second-order valence-corrected chi connectivity index (χ2v) is 7.81. The minimum absolute atomic E-state index is 0.0570. The van der Waals surface area contributed by atoms with E-state index < -0.39 is 12.6 Å². The molecular formula is C25H27F3N2O2. The summed E-state index contributed by atoms with van der Waals surface area (Å²) in [5.41, 5.74) is 0.443. The van der Waals surface area contributed by atoms with Crippen molar-refractivity contribution >= 4 is 16.7 Å². The number of hydrogen-bond donors (Lipinski definition) is 2. The van der Waals surface area contributed by atoms with Crippen LogP contribution in [0.5, 0.6) is 11.5 Å². The zero-order chi connectivity index (χ0) is 23.1. The number of nitrogens with one attached hydrogen (secondary N) is 2. The summed E-state index contributed by atoms with van der Waals surface area (Å²) in [5.74, 6) is -2.08. The third-order valence-corrected chi connectivity index (χ3v) is 5.09. The Hall–Kier alpha value is -3.06. The molecule has 4 nitrogen and oxygen atoms in total. The molecule has 7 heteroatoms. The van der Waals surface area contributed by atoms with Crippen molar-refractivity contribution in [2.75, 3.05) is 19.8 Å². The molecule has 2 N–H and O–H groups in total. The smallest absolute Gasteiger partial charge is 0.270 e. The van der Waals surface area contributed by atoms with Gasteiger partial charge in [0.1, 0.15) is 18.2 Å². The number of amides is 1. The minimum atomic E-state index is -2.91. The molecule has 170 valence electrons. The number of hydrogen-bond acceptors (Lipinski definition) is 3. The van der Waals surface area contributed by atoms with E-state index in [2.05, 4.69) is 10.6 Å². The molecule has 0 radical (unpaired) electrons. The number of ether oxygens (including phenoxy) is 1. The fourth-order valence-corrected chi connectivity index (χ4v) is 3.32. The first-order chi connectivity index (χ1) is 15.3. The molecule has 3 aromatic carbocycles. The van der Waals surface area contributed by atoms with E-state index in [0.29, 0.717) is 36.6 Å². The summed E-state index contributed by atoms with van der Waals surface area (Å²) >= 11 is 0. The number of fused-ring (bicyclic) bond motifs is 1. The first kappa shape index (κ1) is 23.6. The van der Waals surface area contributed by atoms with Crippen molar-refractivity contribution in [2.45, 2.75) is 32.2 Å². The molecular weight excluding hydrogens is 417 g/mol. The Kier molecular flexibility index (Phi) is 7.75. The van der Waals surface area contributed by atoms with Gasteiger partial charge in [0.15, 0.2) is 0 Å². The molecule has 3 rings (SSSR count). The van der Waals surface area contributed by atoms with Crippen molar-refractivity contribution in [3.8, 4) is 11.5 Å². The van der Waals surface area contributed by atoms with Gasteiger partial charge in [0.05, 0.1) is 0 Å². The Morgan fingerprint density at radius 3 is 2.50 bits per heavy atom. The Labute approximate surface area is 185 Å². The van der Waals surface area contributed by atoms with E-state index in [4.69, 9.17) is 4.74 Å². The largest absolute Gasteiger partial charge is 0.457 e. The summed E-state index contributed by atoms with van der Waals surface area (Å²) in [6.07, 6.45) is 0.695. The molecule has 0 saturated heterocycles. The second-order valence-electron chi connectivity index (χ2n) is 7.81. The van der Waals surface area contributed by atoms with Gasteiger partial charge in [0.25, 0.3) is 11.8 Å². The van der Waals surface area contributed by atoms with Gasteiger partial charge in [-0.3, -0.25) is 4.79 Å². The Balaban J connectivity index is 1.70. The van der Waals surface area contributed by atoms with Gasteiger partial charge in [-0.1, -0.05) is 12.1 Å². The van der Waals surface area contributed by atoms with Crippen LogP contribution in [0.4, 0.5) is 13.2 Å². The van der Waals surface area contributed by atoms with Crippen LogP contribution in [0.15, 0.2) is 60.7 Å². The monoisotopic (exact) mass is 444 g/mol. The summed E-state index contributed by atoms with van der Waals surface area (Å²) in [5, 5.41) is 7.53. The summed E-state index contributed by atoms with van der Waals surface area (Å²) in [4.78, 5) is 12.6. The van der Waals surface area contributed by atoms with Gasteiger partial charge in [0, 0.05) is 36.0 Å². The predicted octanol–water partition coefficient (Wildman–Crippen LogP) is 5.81. The normalized spacial score (nSPS) is 12.5. The molecule has 0 aliphatic heterocycles. The summed E-state index contributed by atoms with van der Waals surface area (Å²) in [7, 11) is 0. The average Bonchev–Trinajstić information content (AvgIpc) is 2.76. The van der Waals surface area contributed by atoms with E-state index in [0.717, 1.165) is 17.7 Å². The molecule has 0 heterocycles. The molecule has 32 heavy (non-hydrogen) atoms. The van der Waals surface area contributed by atoms with Crippen LogP contribution in [0.25, 0.3) is 10.8 Å². The molecule has 0 saturated carbocycles. The molecule has 0 aliphatic rings. The van der Waals surface area contributed by atoms with Crippen molar-refractivity contribution < 1.29 is 22.7 Å². The van der Waals surface area contributed by atoms with Gasteiger partial charge in [-0.25, -0.2) is 13.2 Å². The van der Waals surface area contributed by atoms with E-state index in [1.54, 1.807) is 18.2 Å². The highest BCUT2D eigenvalue weighted by molar-refractivity contribution is 6.00. The van der Waals surface area contributed by atoms with Crippen molar-refractivity contribution in [2.24, 2.45) is 0 Å². The van der Waals surface area contributed by atoms with Crippen LogP contribution in [0, 0.1) is 0 Å². The molecule has 0 aromatic heterocycles. The van der Waals surface area contributed by atoms with Gasteiger partial charge >= 0.3 is 0 Å². The lowest BCUT2D eigenvalue weighted by Gasteiger charge is -2.15. The van der Waals surface area contributed by atoms with Gasteiger partial charge in [-0.15, -0.1) is 0 Å². The number of alkyl halides is 3. The van der Waals surface area contributed by atoms with Gasteiger partial charge in [-0.2, -0.15) is 0 Å². The van der Waals surface area contributed by atoms with E-state index in [1.807, 2.05) is 25.1 Å². The molecule has 1 amide bonds. The van der Waals surface area contributed by atoms with Gasteiger partial charge in [0.2, 0.25) is 0 Å². The third-order valence-electron chi connectivity index (χ3n) is 5.09. The maximum Gasteiger partial charge on any atom is 0.270 e. The molecule has 0 aliphatic carbocycles. The highest BCUT2D eigenvalue weighted by Crippen LogP contribution is 2.33. The van der Waals surface area contributed by atoms with Crippen molar-refractivity contribution in [1.29, 1.82) is 0 Å². The standard InChI is InChI=1S/C25H27F3N2O2/c1-17(12-14-29-15-13-26)30-24(31)19-6-11-22-18(16-19)4-3-5-23(22)32-21-9-7-20(8-10-21)25(2,27)28/h3-11,16-17,29H,12-15H2,1-2H3,(H,30,31)/t17-/m1/s1. The fourth-order valence-electron chi connectivity index (χ4n) is 3.32. The molecule has 0 fully saturated rings. The summed E-state index contributed by atoms with van der Waals surface area (Å²) in [6.45, 7) is 3.28. The lowest BCUT2D eigenvalue weighted by atomic mass is 10.1. The highest BCUT2D eigenvalue weighted by Gasteiger charge is 2.23. The zero-order valence-corrected chi connectivity index (χ0v) is 18.1. The van der Waals surface area contributed by atoms with Crippen molar-refractivity contribution in [3.05, 3.63) is 71.8 Å². The zero-order valence-electron chi connectivity index (χ0n) is 18.1. The molecule has 0 spiro atoms. The number of carbonyl (C=O) groups is 1. The predicted molar refractivity (Wildman–Crippen MR) is 120 cm³/mol. The molecule has 1 atom stereocenters. The Bertz CT molecular complexity index is 1050. The average molecular weight is 444 g/mol.